The standard InChI is InChI=1S/C43H60N10O8S/c1-48(2)38(57)14-12-35(29-55)49(3)42(59)40-32(28-54)7-6-10-36(40)61-30-37(56)44-17-25-60-26-24-50-20-22-52(23-21-50)62-51-18-15-33(16-19-51)46-43-45-27-31-11-13-39(58)53(41(31)47-43)34-8-4-5-9-34/h6-7,10-11,13,27-29,33-35H,4-5,8-9,12,14-26,30H2,1-3H3,(H,44,56)(H,45,46,47). The van der Waals surface area contributed by atoms with Crippen LogP contribution in [0.5, 0.6) is 5.75 Å². The molecule has 1 saturated carbocycles. The summed E-state index contributed by atoms with van der Waals surface area (Å²) in [4.78, 5) is 89.0. The van der Waals surface area contributed by atoms with Crippen LogP contribution in [0.1, 0.15) is 78.1 Å². The second-order valence-electron chi connectivity index (χ2n) is 16.2. The third-order valence-electron chi connectivity index (χ3n) is 11.7. The van der Waals surface area contributed by atoms with Crippen molar-refractivity contribution >= 4 is 59.4 Å². The predicted molar refractivity (Wildman–Crippen MR) is 236 cm³/mol. The van der Waals surface area contributed by atoms with Gasteiger partial charge in [-0.1, -0.05) is 25.0 Å². The maximum absolute atomic E-state index is 13.5. The Morgan fingerprint density at radius 2 is 1.69 bits per heavy atom. The van der Waals surface area contributed by atoms with Crippen LogP contribution in [-0.2, 0) is 19.1 Å². The van der Waals surface area contributed by atoms with Gasteiger partial charge in [-0.05, 0) is 44.2 Å². The SMILES string of the molecule is CN(C)C(=O)CCC(C=O)N(C)C(=O)c1c(C=O)cccc1OCC(=O)NCCOCCN1CCN(SN2CCC(Nc3ncc4ccc(=O)n(C5CCCC5)c4n3)CC2)CC1. The van der Waals surface area contributed by atoms with Crippen LogP contribution in [0.25, 0.3) is 11.0 Å². The van der Waals surface area contributed by atoms with Crippen molar-refractivity contribution in [1.29, 1.82) is 0 Å². The quantitative estimate of drug-likeness (QED) is 0.0901. The molecule has 6 rings (SSSR count). The summed E-state index contributed by atoms with van der Waals surface area (Å²) < 4.78 is 18.2. The van der Waals surface area contributed by atoms with E-state index < -0.39 is 24.5 Å². The average Bonchev–Trinajstić information content (AvgIpc) is 3.82. The number of likely N-dealkylation sites (N-methyl/N-ethyl adjacent to an activating group) is 1. The molecule has 3 aromatic rings. The molecule has 19 heteroatoms. The molecule has 18 nitrogen and oxygen atoms in total. The van der Waals surface area contributed by atoms with Crippen LogP contribution in [0.2, 0.25) is 0 Å². The molecule has 2 aliphatic heterocycles. The van der Waals surface area contributed by atoms with Gasteiger partial charge in [-0.3, -0.25) is 33.4 Å². The van der Waals surface area contributed by atoms with Gasteiger partial charge in [0, 0.05) is 127 Å². The molecular weight excluding hydrogens is 817 g/mol. The van der Waals surface area contributed by atoms with Crippen LogP contribution in [-0.4, -0.2) is 174 Å². The summed E-state index contributed by atoms with van der Waals surface area (Å²) in [5, 5.41) is 7.19. The van der Waals surface area contributed by atoms with Gasteiger partial charge >= 0.3 is 0 Å². The highest BCUT2D eigenvalue weighted by Gasteiger charge is 2.28. The Morgan fingerprint density at radius 3 is 2.40 bits per heavy atom. The molecule has 2 N–H and O–H groups in total. The molecule has 336 valence electrons. The Balaban J connectivity index is 0.838. The second-order valence-corrected chi connectivity index (χ2v) is 17.4. The summed E-state index contributed by atoms with van der Waals surface area (Å²) in [6, 6.07) is 7.50. The predicted octanol–water partition coefficient (Wildman–Crippen LogP) is 2.50. The van der Waals surface area contributed by atoms with E-state index in [4.69, 9.17) is 14.5 Å². The fourth-order valence-corrected chi connectivity index (χ4v) is 9.04. The molecule has 1 unspecified atom stereocenters. The van der Waals surface area contributed by atoms with E-state index in [0.29, 0.717) is 31.7 Å². The number of rotatable bonds is 21. The van der Waals surface area contributed by atoms with E-state index >= 15 is 0 Å². The number of piperazine rings is 1. The Bertz CT molecular complexity index is 2070. The van der Waals surface area contributed by atoms with Gasteiger partial charge in [0.25, 0.3) is 17.4 Å². The maximum atomic E-state index is 13.5. The lowest BCUT2D eigenvalue weighted by atomic mass is 10.0. The number of benzene rings is 1. The minimum Gasteiger partial charge on any atom is -0.483 e. The van der Waals surface area contributed by atoms with Crippen molar-refractivity contribution in [2.45, 2.75) is 69.5 Å². The fraction of sp³-hybridized carbons (Fsp3) is 0.581. The Morgan fingerprint density at radius 1 is 0.952 bits per heavy atom. The average molecular weight is 877 g/mol. The van der Waals surface area contributed by atoms with E-state index in [9.17, 15) is 28.8 Å². The topological polar surface area (TPSA) is 192 Å². The molecule has 3 aliphatic rings. The molecule has 1 atom stereocenters. The molecule has 1 aromatic carbocycles. The molecule has 62 heavy (non-hydrogen) atoms. The van der Waals surface area contributed by atoms with Gasteiger partial charge in [-0.15, -0.1) is 0 Å². The zero-order valence-electron chi connectivity index (χ0n) is 36.0. The zero-order valence-corrected chi connectivity index (χ0v) is 36.9. The summed E-state index contributed by atoms with van der Waals surface area (Å²) in [5.74, 6) is -0.630. The molecule has 2 aromatic heterocycles. The molecule has 3 amide bonds. The Hall–Kier alpha value is -4.95. The number of carbonyl (C=O) groups is 5. The molecule has 2 saturated heterocycles. The molecule has 1 aliphatic carbocycles. The summed E-state index contributed by atoms with van der Waals surface area (Å²) in [5.41, 5.74) is 0.720. The number of aromatic nitrogens is 3. The number of aldehydes is 2. The number of ether oxygens (including phenoxy) is 2. The van der Waals surface area contributed by atoms with Crippen molar-refractivity contribution in [2.75, 3.05) is 98.6 Å². The molecule has 0 bridgehead atoms. The third-order valence-corrected chi connectivity index (χ3v) is 12.9. The molecular formula is C43H60N10O8S. The lowest BCUT2D eigenvalue weighted by Gasteiger charge is -2.38. The Labute approximate surface area is 366 Å². The van der Waals surface area contributed by atoms with Crippen molar-refractivity contribution < 1.29 is 33.4 Å². The van der Waals surface area contributed by atoms with Crippen LogP contribution in [0, 0.1) is 0 Å². The number of hydrogen-bond donors (Lipinski definition) is 2. The van der Waals surface area contributed by atoms with Gasteiger partial charge in [0.1, 0.15) is 17.7 Å². The number of nitrogens with one attached hydrogen (secondary N) is 2. The first-order chi connectivity index (χ1) is 30.0. The highest BCUT2D eigenvalue weighted by atomic mass is 32.2. The Kier molecular flexibility index (Phi) is 17.2. The molecule has 0 radical (unpaired) electrons. The highest BCUT2D eigenvalue weighted by Crippen LogP contribution is 2.31. The van der Waals surface area contributed by atoms with Crippen LogP contribution in [0.15, 0.2) is 41.3 Å². The first-order valence-corrected chi connectivity index (χ1v) is 22.3. The number of pyridine rings is 1. The third kappa shape index (κ3) is 12.6. The number of hydrogen-bond acceptors (Lipinski definition) is 15. The lowest BCUT2D eigenvalue weighted by molar-refractivity contribution is -0.129. The van der Waals surface area contributed by atoms with Crippen molar-refractivity contribution in [1.82, 2.24) is 43.2 Å². The highest BCUT2D eigenvalue weighted by molar-refractivity contribution is 7.94. The van der Waals surface area contributed by atoms with Gasteiger partial charge in [0.05, 0.1) is 24.8 Å². The minimum atomic E-state index is -0.903. The van der Waals surface area contributed by atoms with E-state index in [1.54, 1.807) is 20.2 Å². The van der Waals surface area contributed by atoms with Gasteiger partial charge in [-0.2, -0.15) is 4.98 Å². The number of carbonyl (C=O) groups excluding carboxylic acids is 5. The molecule has 4 heterocycles. The number of fused-ring (bicyclic) bond motifs is 1. The first kappa shape index (κ1) is 46.6. The van der Waals surface area contributed by atoms with Crippen molar-refractivity contribution in [3.8, 4) is 5.75 Å². The summed E-state index contributed by atoms with van der Waals surface area (Å²) in [6.45, 7) is 7.18. The van der Waals surface area contributed by atoms with Crippen molar-refractivity contribution in [3.05, 3.63) is 58.0 Å². The van der Waals surface area contributed by atoms with Crippen molar-refractivity contribution in [3.63, 3.8) is 0 Å². The monoisotopic (exact) mass is 876 g/mol. The minimum absolute atomic E-state index is 0.0102. The molecule has 0 spiro atoms. The van der Waals surface area contributed by atoms with E-state index in [0.717, 1.165) is 95.4 Å². The summed E-state index contributed by atoms with van der Waals surface area (Å²) in [6.07, 6.45) is 9.38. The van der Waals surface area contributed by atoms with Crippen LogP contribution in [0.4, 0.5) is 5.95 Å². The van der Waals surface area contributed by atoms with Crippen LogP contribution < -0.4 is 20.9 Å². The first-order valence-electron chi connectivity index (χ1n) is 21.6. The van der Waals surface area contributed by atoms with Gasteiger partial charge < -0.3 is 34.7 Å². The van der Waals surface area contributed by atoms with E-state index in [1.165, 1.54) is 35.0 Å². The van der Waals surface area contributed by atoms with E-state index in [-0.39, 0.29) is 59.8 Å². The summed E-state index contributed by atoms with van der Waals surface area (Å²) in [7, 11) is 4.64. The number of piperidine rings is 1. The zero-order chi connectivity index (χ0) is 44.0. The maximum Gasteiger partial charge on any atom is 0.258 e. The van der Waals surface area contributed by atoms with Gasteiger partial charge in [0.15, 0.2) is 12.9 Å². The lowest BCUT2D eigenvalue weighted by Crippen LogP contribution is -2.46. The number of nitrogens with zero attached hydrogens (tertiary/aromatic N) is 8. The fourth-order valence-electron chi connectivity index (χ4n) is 8.01. The number of amides is 3. The second kappa shape index (κ2) is 22.9. The summed E-state index contributed by atoms with van der Waals surface area (Å²) >= 11 is 1.82. The van der Waals surface area contributed by atoms with Crippen molar-refractivity contribution in [2.24, 2.45) is 0 Å². The normalized spacial score (nSPS) is 17.4. The van der Waals surface area contributed by atoms with Gasteiger partial charge in [-0.25, -0.2) is 13.6 Å². The largest absolute Gasteiger partial charge is 0.483 e. The van der Waals surface area contributed by atoms with E-state index in [1.807, 2.05) is 29.0 Å². The number of anilines is 1. The molecule has 3 fully saturated rings. The van der Waals surface area contributed by atoms with Crippen LogP contribution >= 0.6 is 12.1 Å². The smallest absolute Gasteiger partial charge is 0.258 e. The van der Waals surface area contributed by atoms with E-state index in [2.05, 4.69) is 29.1 Å². The van der Waals surface area contributed by atoms with Gasteiger partial charge in [0.2, 0.25) is 11.9 Å². The van der Waals surface area contributed by atoms with Crippen LogP contribution in [0.3, 0.4) is 0 Å².